The molecule has 0 aliphatic carbocycles. The van der Waals surface area contributed by atoms with Crippen molar-refractivity contribution in [3.8, 4) is 0 Å². The van der Waals surface area contributed by atoms with Gasteiger partial charge in [-0.2, -0.15) is 0 Å². The van der Waals surface area contributed by atoms with Gasteiger partial charge in [-0.3, -0.25) is 4.79 Å². The molecule has 2 aromatic rings. The molecule has 9 heteroatoms. The molecule has 3 heterocycles. The van der Waals surface area contributed by atoms with Crippen LogP contribution >= 0.6 is 22.9 Å². The van der Waals surface area contributed by atoms with E-state index in [-0.39, 0.29) is 23.9 Å². The van der Waals surface area contributed by atoms with E-state index in [2.05, 4.69) is 25.2 Å². The molecule has 0 bridgehead atoms. The van der Waals surface area contributed by atoms with E-state index in [1.807, 2.05) is 20.0 Å². The number of methoxy groups -OCH3 is 1. The lowest BCUT2D eigenvalue weighted by Gasteiger charge is -2.37. The Morgan fingerprint density at radius 3 is 3.00 bits per heavy atom. The van der Waals surface area contributed by atoms with Gasteiger partial charge in [0, 0.05) is 31.3 Å². The lowest BCUT2D eigenvalue weighted by Crippen LogP contribution is -2.55. The van der Waals surface area contributed by atoms with E-state index in [1.54, 1.807) is 18.4 Å². The topological polar surface area (TPSA) is 83.1 Å². The number of hydrogen-bond donors (Lipinski definition) is 2. The van der Waals surface area contributed by atoms with E-state index in [0.717, 1.165) is 23.8 Å². The number of halogens is 1. The minimum absolute atomic E-state index is 0.0799. The van der Waals surface area contributed by atoms with Gasteiger partial charge in [-0.25, -0.2) is 9.97 Å². The number of carbonyl (C=O) groups excluding carboxylic acids is 1. The van der Waals surface area contributed by atoms with Crippen LogP contribution in [0, 0.1) is 6.92 Å². The Hall–Kier alpha value is -1.64. The number of anilines is 1. The van der Waals surface area contributed by atoms with Crippen LogP contribution in [0.3, 0.4) is 0 Å². The highest BCUT2D eigenvalue weighted by Crippen LogP contribution is 2.26. The molecule has 0 spiro atoms. The molecule has 0 radical (unpaired) electrons. The molecule has 0 saturated carbocycles. The number of aromatic nitrogens is 3. The van der Waals surface area contributed by atoms with E-state index < -0.39 is 0 Å². The molecule has 1 amide bonds. The van der Waals surface area contributed by atoms with Crippen LogP contribution in [0.2, 0.25) is 5.15 Å². The number of piperidine rings is 1. The zero-order chi connectivity index (χ0) is 18.0. The van der Waals surface area contributed by atoms with E-state index in [0.29, 0.717) is 18.1 Å². The minimum atomic E-state index is -0.257. The predicted octanol–water partition coefficient (Wildman–Crippen LogP) is 2.41. The number of ether oxygens (including phenoxy) is 1. The van der Waals surface area contributed by atoms with Gasteiger partial charge in [0.05, 0.1) is 17.8 Å². The van der Waals surface area contributed by atoms with E-state index in [9.17, 15) is 4.79 Å². The van der Waals surface area contributed by atoms with Crippen LogP contribution in [0.1, 0.15) is 34.5 Å². The fraction of sp³-hybridized carbons (Fsp3) is 0.562. The minimum Gasteiger partial charge on any atom is -0.377 e. The molecule has 1 saturated heterocycles. The lowest BCUT2D eigenvalue weighted by molar-refractivity contribution is 0.0538. The lowest BCUT2D eigenvalue weighted by atomic mass is 10.0. The number of thiazole rings is 1. The average Bonchev–Trinajstić information content (AvgIpc) is 3.20. The number of nitrogens with one attached hydrogen (secondary N) is 2. The molecule has 3 rings (SSSR count). The summed E-state index contributed by atoms with van der Waals surface area (Å²) < 4.78 is 5.61. The SMILES string of the molecule is CCc1[nH]c(C(=O)N[C@@H]2CCN(c3ncc(C)s3)C[C@H]2OC)nc1Cl. The number of amides is 1. The Bertz CT molecular complexity index is 747. The molecular weight excluding hydrogens is 362 g/mol. The van der Waals surface area contributed by atoms with Gasteiger partial charge in [0.15, 0.2) is 16.1 Å². The van der Waals surface area contributed by atoms with Crippen LogP contribution in [0.5, 0.6) is 0 Å². The molecule has 2 aromatic heterocycles. The Morgan fingerprint density at radius 1 is 1.60 bits per heavy atom. The van der Waals surface area contributed by atoms with Gasteiger partial charge in [-0.15, -0.1) is 11.3 Å². The van der Waals surface area contributed by atoms with Crippen LogP contribution in [-0.2, 0) is 11.2 Å². The van der Waals surface area contributed by atoms with Gasteiger partial charge in [0.2, 0.25) is 0 Å². The van der Waals surface area contributed by atoms with Crippen molar-refractivity contribution >= 4 is 34.0 Å². The van der Waals surface area contributed by atoms with Crippen LogP contribution in [0.15, 0.2) is 6.20 Å². The zero-order valence-electron chi connectivity index (χ0n) is 14.5. The third-order valence-corrected chi connectivity index (χ3v) is 5.64. The molecule has 25 heavy (non-hydrogen) atoms. The molecule has 1 aliphatic rings. The van der Waals surface area contributed by atoms with Gasteiger partial charge < -0.3 is 19.9 Å². The van der Waals surface area contributed by atoms with Crippen molar-refractivity contribution in [1.29, 1.82) is 0 Å². The van der Waals surface area contributed by atoms with Gasteiger partial charge in [-0.05, 0) is 19.8 Å². The second-order valence-electron chi connectivity index (χ2n) is 6.05. The summed E-state index contributed by atoms with van der Waals surface area (Å²) in [4.78, 5) is 27.4. The summed E-state index contributed by atoms with van der Waals surface area (Å²) in [5, 5.41) is 4.36. The average molecular weight is 384 g/mol. The number of carbonyl (C=O) groups is 1. The Balaban J connectivity index is 1.65. The van der Waals surface area contributed by atoms with Gasteiger partial charge in [0.1, 0.15) is 0 Å². The number of nitrogens with zero attached hydrogens (tertiary/aromatic N) is 3. The van der Waals surface area contributed by atoms with Crippen LogP contribution < -0.4 is 10.2 Å². The second-order valence-corrected chi connectivity index (χ2v) is 7.62. The summed E-state index contributed by atoms with van der Waals surface area (Å²) in [6.07, 6.45) is 3.24. The highest BCUT2D eigenvalue weighted by molar-refractivity contribution is 7.15. The zero-order valence-corrected chi connectivity index (χ0v) is 16.1. The Kier molecular flexibility index (Phi) is 5.61. The van der Waals surface area contributed by atoms with Crippen molar-refractivity contribution in [3.63, 3.8) is 0 Å². The molecular formula is C16H22ClN5O2S. The summed E-state index contributed by atoms with van der Waals surface area (Å²) in [5.41, 5.74) is 0.768. The van der Waals surface area contributed by atoms with Crippen molar-refractivity contribution in [2.45, 2.75) is 38.8 Å². The largest absolute Gasteiger partial charge is 0.377 e. The molecule has 2 N–H and O–H groups in total. The molecule has 0 aromatic carbocycles. The highest BCUT2D eigenvalue weighted by Gasteiger charge is 2.32. The fourth-order valence-electron chi connectivity index (χ4n) is 2.95. The number of hydrogen-bond acceptors (Lipinski definition) is 6. The van der Waals surface area contributed by atoms with Crippen LogP contribution in [0.4, 0.5) is 5.13 Å². The standard InChI is InChI=1S/C16H22ClN5O2S/c1-4-10-13(17)21-14(19-10)15(23)20-11-5-6-22(8-12(11)24-3)16-18-7-9(2)25-16/h7,11-12H,4-6,8H2,1-3H3,(H,19,21)(H,20,23)/t11-,12-/m1/s1. The maximum absolute atomic E-state index is 12.5. The van der Waals surface area contributed by atoms with Crippen LogP contribution in [-0.4, -0.2) is 53.2 Å². The molecule has 2 atom stereocenters. The van der Waals surface area contributed by atoms with E-state index in [1.165, 1.54) is 4.88 Å². The summed E-state index contributed by atoms with van der Waals surface area (Å²) in [6.45, 7) is 5.50. The fourth-order valence-corrected chi connectivity index (χ4v) is 4.01. The number of rotatable bonds is 5. The summed E-state index contributed by atoms with van der Waals surface area (Å²) in [7, 11) is 1.67. The Morgan fingerprint density at radius 2 is 2.40 bits per heavy atom. The van der Waals surface area contributed by atoms with E-state index >= 15 is 0 Å². The molecule has 136 valence electrons. The van der Waals surface area contributed by atoms with Gasteiger partial charge >= 0.3 is 0 Å². The number of aromatic amines is 1. The van der Waals surface area contributed by atoms with Gasteiger partial charge in [-0.1, -0.05) is 18.5 Å². The maximum atomic E-state index is 12.5. The monoisotopic (exact) mass is 383 g/mol. The van der Waals surface area contributed by atoms with Crippen LogP contribution in [0.25, 0.3) is 0 Å². The molecule has 7 nitrogen and oxygen atoms in total. The van der Waals surface area contributed by atoms with Crippen molar-refractivity contribution in [2.75, 3.05) is 25.1 Å². The van der Waals surface area contributed by atoms with E-state index in [4.69, 9.17) is 16.3 Å². The summed E-state index contributed by atoms with van der Waals surface area (Å²) in [5.74, 6) is -0.0122. The quantitative estimate of drug-likeness (QED) is 0.828. The first-order chi connectivity index (χ1) is 12.0. The summed E-state index contributed by atoms with van der Waals surface area (Å²) >= 11 is 7.69. The smallest absolute Gasteiger partial charge is 0.287 e. The molecule has 1 fully saturated rings. The first-order valence-electron chi connectivity index (χ1n) is 8.27. The van der Waals surface area contributed by atoms with Crippen molar-refractivity contribution < 1.29 is 9.53 Å². The third-order valence-electron chi connectivity index (χ3n) is 4.35. The number of imidazole rings is 1. The molecule has 0 unspecified atom stereocenters. The Labute approximate surface area is 155 Å². The second kappa shape index (κ2) is 7.72. The van der Waals surface area contributed by atoms with Gasteiger partial charge in [0.25, 0.3) is 5.91 Å². The summed E-state index contributed by atoms with van der Waals surface area (Å²) in [6, 6.07) is -0.0799. The maximum Gasteiger partial charge on any atom is 0.287 e. The predicted molar refractivity (Wildman–Crippen MR) is 98.7 cm³/mol. The first kappa shape index (κ1) is 18.2. The van der Waals surface area contributed by atoms with Crippen molar-refractivity contribution in [3.05, 3.63) is 27.7 Å². The first-order valence-corrected chi connectivity index (χ1v) is 9.46. The highest BCUT2D eigenvalue weighted by atomic mass is 35.5. The number of H-pyrrole nitrogens is 1. The normalized spacial score (nSPS) is 20.7. The molecule has 1 aliphatic heterocycles. The number of aryl methyl sites for hydroxylation is 2. The van der Waals surface area contributed by atoms with Crippen molar-refractivity contribution in [1.82, 2.24) is 20.3 Å². The third kappa shape index (κ3) is 3.96. The van der Waals surface area contributed by atoms with Crippen molar-refractivity contribution in [2.24, 2.45) is 0 Å².